The molecule has 0 aliphatic rings. The van der Waals surface area contributed by atoms with Crippen molar-refractivity contribution in [2.45, 2.75) is 12.5 Å². The minimum Gasteiger partial charge on any atom is -0.271 e. The number of rotatable bonds is 4. The Morgan fingerprint density at radius 1 is 1.06 bits per heavy atom. The molecular formula is C14H15ClN2. The lowest BCUT2D eigenvalue weighted by molar-refractivity contribution is 0.552. The van der Waals surface area contributed by atoms with Crippen LogP contribution in [0.2, 0.25) is 5.02 Å². The van der Waals surface area contributed by atoms with E-state index in [1.165, 1.54) is 11.1 Å². The first-order valence-electron chi connectivity index (χ1n) is 5.55. The summed E-state index contributed by atoms with van der Waals surface area (Å²) in [7, 11) is 0. The van der Waals surface area contributed by atoms with Crippen LogP contribution in [0.5, 0.6) is 0 Å². The van der Waals surface area contributed by atoms with E-state index >= 15 is 0 Å². The molecule has 0 aliphatic heterocycles. The van der Waals surface area contributed by atoms with Crippen LogP contribution < -0.4 is 11.3 Å². The zero-order valence-corrected chi connectivity index (χ0v) is 10.2. The van der Waals surface area contributed by atoms with E-state index in [2.05, 4.69) is 23.6 Å². The molecule has 0 saturated heterocycles. The highest BCUT2D eigenvalue weighted by atomic mass is 35.5. The summed E-state index contributed by atoms with van der Waals surface area (Å²) >= 11 is 5.97. The lowest BCUT2D eigenvalue weighted by atomic mass is 9.99. The third-order valence-corrected chi connectivity index (χ3v) is 2.97. The molecule has 0 amide bonds. The van der Waals surface area contributed by atoms with Gasteiger partial charge in [-0.2, -0.15) is 0 Å². The quantitative estimate of drug-likeness (QED) is 0.643. The second kappa shape index (κ2) is 5.82. The molecular weight excluding hydrogens is 232 g/mol. The van der Waals surface area contributed by atoms with Crippen LogP contribution in [-0.4, -0.2) is 0 Å². The fourth-order valence-corrected chi connectivity index (χ4v) is 2.07. The van der Waals surface area contributed by atoms with Crippen molar-refractivity contribution >= 4 is 11.6 Å². The first-order chi connectivity index (χ1) is 8.29. The Bertz CT molecular complexity index is 471. The Hall–Kier alpha value is -1.35. The largest absolute Gasteiger partial charge is 0.271 e. The van der Waals surface area contributed by atoms with Gasteiger partial charge in [0.2, 0.25) is 0 Å². The summed E-state index contributed by atoms with van der Waals surface area (Å²) in [5.74, 6) is 5.61. The molecule has 3 heteroatoms. The van der Waals surface area contributed by atoms with E-state index in [0.29, 0.717) is 0 Å². The van der Waals surface area contributed by atoms with Crippen LogP contribution in [0.15, 0.2) is 54.6 Å². The van der Waals surface area contributed by atoms with Crippen LogP contribution in [0.3, 0.4) is 0 Å². The molecule has 2 aromatic carbocycles. The molecule has 1 unspecified atom stereocenters. The van der Waals surface area contributed by atoms with Crippen LogP contribution in [-0.2, 0) is 6.42 Å². The Morgan fingerprint density at radius 2 is 1.82 bits per heavy atom. The van der Waals surface area contributed by atoms with E-state index in [4.69, 9.17) is 17.4 Å². The second-order valence-corrected chi connectivity index (χ2v) is 4.40. The summed E-state index contributed by atoms with van der Waals surface area (Å²) in [6.45, 7) is 0. The molecule has 1 atom stereocenters. The van der Waals surface area contributed by atoms with E-state index < -0.39 is 0 Å². The Labute approximate surface area is 106 Å². The predicted octanol–water partition coefficient (Wildman–Crippen LogP) is 3.09. The molecule has 0 spiro atoms. The summed E-state index contributed by atoms with van der Waals surface area (Å²) < 4.78 is 0. The fraction of sp³-hybridized carbons (Fsp3) is 0.143. The van der Waals surface area contributed by atoms with Crippen molar-refractivity contribution in [2.24, 2.45) is 5.84 Å². The SMILES string of the molecule is NNC(Cc1cccc(Cl)c1)c1ccccc1. The topological polar surface area (TPSA) is 38.0 Å². The van der Waals surface area contributed by atoms with Crippen molar-refractivity contribution in [3.05, 3.63) is 70.7 Å². The van der Waals surface area contributed by atoms with Gasteiger partial charge in [-0.25, -0.2) is 0 Å². The number of halogens is 1. The Morgan fingerprint density at radius 3 is 2.47 bits per heavy atom. The van der Waals surface area contributed by atoms with Gasteiger partial charge in [0, 0.05) is 11.1 Å². The van der Waals surface area contributed by atoms with Gasteiger partial charge in [-0.1, -0.05) is 54.1 Å². The average molecular weight is 247 g/mol. The summed E-state index contributed by atoms with van der Waals surface area (Å²) in [5, 5.41) is 0.756. The van der Waals surface area contributed by atoms with Crippen LogP contribution in [0, 0.1) is 0 Å². The molecule has 0 fully saturated rings. The Kier molecular flexibility index (Phi) is 4.15. The molecule has 0 bridgehead atoms. The van der Waals surface area contributed by atoms with E-state index in [9.17, 15) is 0 Å². The van der Waals surface area contributed by atoms with E-state index in [1.807, 2.05) is 36.4 Å². The minimum absolute atomic E-state index is 0.106. The number of nitrogens with one attached hydrogen (secondary N) is 1. The predicted molar refractivity (Wildman–Crippen MR) is 71.7 cm³/mol. The van der Waals surface area contributed by atoms with E-state index in [0.717, 1.165) is 11.4 Å². The maximum Gasteiger partial charge on any atom is 0.0500 e. The lowest BCUT2D eigenvalue weighted by Gasteiger charge is -2.16. The van der Waals surface area contributed by atoms with Gasteiger partial charge in [-0.3, -0.25) is 11.3 Å². The highest BCUT2D eigenvalue weighted by Gasteiger charge is 2.09. The number of nitrogens with two attached hydrogens (primary N) is 1. The van der Waals surface area contributed by atoms with Gasteiger partial charge in [0.05, 0.1) is 0 Å². The first kappa shape index (κ1) is 12.1. The van der Waals surface area contributed by atoms with Gasteiger partial charge < -0.3 is 0 Å². The third-order valence-electron chi connectivity index (χ3n) is 2.73. The molecule has 88 valence electrons. The van der Waals surface area contributed by atoms with Gasteiger partial charge in [-0.15, -0.1) is 0 Å². The van der Waals surface area contributed by atoms with Gasteiger partial charge in [0.25, 0.3) is 0 Å². The van der Waals surface area contributed by atoms with Crippen molar-refractivity contribution in [3.8, 4) is 0 Å². The van der Waals surface area contributed by atoms with Crippen LogP contribution >= 0.6 is 11.6 Å². The zero-order valence-electron chi connectivity index (χ0n) is 9.44. The number of hydrogen-bond donors (Lipinski definition) is 2. The highest BCUT2D eigenvalue weighted by Crippen LogP contribution is 2.19. The molecule has 2 rings (SSSR count). The van der Waals surface area contributed by atoms with Gasteiger partial charge in [0.15, 0.2) is 0 Å². The van der Waals surface area contributed by atoms with E-state index in [-0.39, 0.29) is 6.04 Å². The van der Waals surface area contributed by atoms with Crippen LogP contribution in [0.4, 0.5) is 0 Å². The molecule has 0 aromatic heterocycles. The number of benzene rings is 2. The molecule has 17 heavy (non-hydrogen) atoms. The van der Waals surface area contributed by atoms with Crippen molar-refractivity contribution in [3.63, 3.8) is 0 Å². The molecule has 0 radical (unpaired) electrons. The van der Waals surface area contributed by atoms with Crippen LogP contribution in [0.25, 0.3) is 0 Å². The van der Waals surface area contributed by atoms with Crippen molar-refractivity contribution in [1.29, 1.82) is 0 Å². The normalized spacial score (nSPS) is 12.4. The van der Waals surface area contributed by atoms with Crippen molar-refractivity contribution in [2.75, 3.05) is 0 Å². The Balaban J connectivity index is 2.16. The third kappa shape index (κ3) is 3.30. The fourth-order valence-electron chi connectivity index (χ4n) is 1.86. The lowest BCUT2D eigenvalue weighted by Crippen LogP contribution is -2.29. The standard InChI is InChI=1S/C14H15ClN2/c15-13-8-4-5-11(9-13)10-14(17-16)12-6-2-1-3-7-12/h1-9,14,17H,10,16H2. The minimum atomic E-state index is 0.106. The summed E-state index contributed by atoms with van der Waals surface area (Å²) in [4.78, 5) is 0. The van der Waals surface area contributed by atoms with E-state index in [1.54, 1.807) is 0 Å². The number of hydrazine groups is 1. The van der Waals surface area contributed by atoms with Gasteiger partial charge in [-0.05, 0) is 29.7 Å². The highest BCUT2D eigenvalue weighted by molar-refractivity contribution is 6.30. The van der Waals surface area contributed by atoms with Crippen molar-refractivity contribution < 1.29 is 0 Å². The van der Waals surface area contributed by atoms with Gasteiger partial charge >= 0.3 is 0 Å². The van der Waals surface area contributed by atoms with Crippen molar-refractivity contribution in [1.82, 2.24) is 5.43 Å². The second-order valence-electron chi connectivity index (χ2n) is 3.96. The smallest absolute Gasteiger partial charge is 0.0500 e. The summed E-state index contributed by atoms with van der Waals surface area (Å²) in [6, 6.07) is 18.1. The maximum absolute atomic E-state index is 5.97. The summed E-state index contributed by atoms with van der Waals surface area (Å²) in [5.41, 5.74) is 5.19. The monoisotopic (exact) mass is 246 g/mol. The molecule has 2 aromatic rings. The molecule has 0 aliphatic carbocycles. The summed E-state index contributed by atoms with van der Waals surface area (Å²) in [6.07, 6.45) is 0.821. The number of hydrogen-bond acceptors (Lipinski definition) is 2. The molecule has 3 N–H and O–H groups in total. The first-order valence-corrected chi connectivity index (χ1v) is 5.93. The molecule has 0 heterocycles. The van der Waals surface area contributed by atoms with Crippen LogP contribution in [0.1, 0.15) is 17.2 Å². The molecule has 2 nitrogen and oxygen atoms in total. The molecule has 0 saturated carbocycles. The zero-order chi connectivity index (χ0) is 12.1. The average Bonchev–Trinajstić information content (AvgIpc) is 2.37. The maximum atomic E-state index is 5.97. The van der Waals surface area contributed by atoms with Gasteiger partial charge in [0.1, 0.15) is 0 Å².